The van der Waals surface area contributed by atoms with Crippen molar-refractivity contribution in [2.75, 3.05) is 24.5 Å². The number of aryl methyl sites for hydroxylation is 1. The Balaban J connectivity index is 1.85. The van der Waals surface area contributed by atoms with Crippen molar-refractivity contribution in [2.45, 2.75) is 18.7 Å². The number of fused-ring (bicyclic) bond motifs is 1. The van der Waals surface area contributed by atoms with E-state index in [-0.39, 0.29) is 5.56 Å². The number of nitrogens with one attached hydrogen (secondary N) is 1. The molecule has 9 heteroatoms. The maximum atomic E-state index is 12.2. The molecule has 130 valence electrons. The molecule has 3 rings (SSSR count). The highest BCUT2D eigenvalue weighted by Gasteiger charge is 2.28. The van der Waals surface area contributed by atoms with Gasteiger partial charge >= 0.3 is 6.18 Å². The number of aliphatic hydroxyl groups excluding tert-OH is 1. The Hall–Kier alpha value is -2.29. The Morgan fingerprint density at radius 2 is 2.21 bits per heavy atom. The first kappa shape index (κ1) is 16.6. The zero-order valence-corrected chi connectivity index (χ0v) is 13.0. The number of halogens is 3. The molecule has 2 N–H and O–H groups in total. The summed E-state index contributed by atoms with van der Waals surface area (Å²) in [4.78, 5) is 18.2. The van der Waals surface area contributed by atoms with E-state index in [1.807, 2.05) is 21.8 Å². The SMILES string of the molecule is Cn1c(N2CC[C@H](O)C2)nc2cc(C(=O)NCC(F)(F)F)ccc21. The lowest BCUT2D eigenvalue weighted by Gasteiger charge is -2.16. The number of aliphatic hydroxyl groups is 1. The number of alkyl halides is 3. The summed E-state index contributed by atoms with van der Waals surface area (Å²) in [5.74, 6) is -0.132. The lowest BCUT2D eigenvalue weighted by Crippen LogP contribution is -2.33. The van der Waals surface area contributed by atoms with Crippen molar-refractivity contribution in [3.05, 3.63) is 23.8 Å². The molecule has 1 fully saturated rings. The van der Waals surface area contributed by atoms with Crippen molar-refractivity contribution in [2.24, 2.45) is 7.05 Å². The van der Waals surface area contributed by atoms with Crippen molar-refractivity contribution >= 4 is 22.9 Å². The van der Waals surface area contributed by atoms with E-state index in [4.69, 9.17) is 0 Å². The summed E-state index contributed by atoms with van der Waals surface area (Å²) in [6, 6.07) is 4.59. The fourth-order valence-electron chi connectivity index (χ4n) is 2.82. The van der Waals surface area contributed by atoms with Crippen molar-refractivity contribution < 1.29 is 23.1 Å². The largest absolute Gasteiger partial charge is 0.405 e. The van der Waals surface area contributed by atoms with Crippen LogP contribution in [-0.4, -0.2) is 52.5 Å². The van der Waals surface area contributed by atoms with Crippen LogP contribution >= 0.6 is 0 Å². The van der Waals surface area contributed by atoms with E-state index in [1.165, 1.54) is 12.1 Å². The standard InChI is InChI=1S/C15H17F3N4O2/c1-21-12-3-2-9(13(24)19-8-15(16,17)18)6-11(12)20-14(21)22-5-4-10(23)7-22/h2-3,6,10,23H,4-5,7-8H2,1H3,(H,19,24)/t10-/m0/s1. The number of carbonyl (C=O) groups excluding carboxylic acids is 1. The zero-order valence-electron chi connectivity index (χ0n) is 13.0. The summed E-state index contributed by atoms with van der Waals surface area (Å²) in [6.07, 6.45) is -4.18. The Labute approximate surface area is 135 Å². The normalized spacial score (nSPS) is 18.4. The molecule has 24 heavy (non-hydrogen) atoms. The van der Waals surface area contributed by atoms with Crippen LogP contribution in [0.25, 0.3) is 11.0 Å². The molecule has 6 nitrogen and oxygen atoms in total. The van der Waals surface area contributed by atoms with Crippen LogP contribution in [0.4, 0.5) is 19.1 Å². The number of rotatable bonds is 3. The van der Waals surface area contributed by atoms with Crippen molar-refractivity contribution in [1.82, 2.24) is 14.9 Å². The third-order valence-electron chi connectivity index (χ3n) is 4.02. The van der Waals surface area contributed by atoms with Gasteiger partial charge in [0.25, 0.3) is 5.91 Å². The van der Waals surface area contributed by atoms with Crippen LogP contribution in [-0.2, 0) is 7.05 Å². The minimum Gasteiger partial charge on any atom is -0.391 e. The highest BCUT2D eigenvalue weighted by molar-refractivity contribution is 5.97. The molecule has 1 saturated heterocycles. The average Bonchev–Trinajstić information content (AvgIpc) is 3.07. The Bertz CT molecular complexity index is 772. The number of anilines is 1. The van der Waals surface area contributed by atoms with Crippen molar-refractivity contribution in [3.8, 4) is 0 Å². The Kier molecular flexibility index (Phi) is 4.12. The number of aromatic nitrogens is 2. The van der Waals surface area contributed by atoms with Crippen LogP contribution in [0.3, 0.4) is 0 Å². The molecule has 1 aromatic heterocycles. The van der Waals surface area contributed by atoms with E-state index in [9.17, 15) is 23.1 Å². The van der Waals surface area contributed by atoms with Crippen molar-refractivity contribution in [3.63, 3.8) is 0 Å². The highest BCUT2D eigenvalue weighted by atomic mass is 19.4. The quantitative estimate of drug-likeness (QED) is 0.886. The molecule has 2 aromatic rings. The maximum Gasteiger partial charge on any atom is 0.405 e. The Morgan fingerprint density at radius 1 is 1.46 bits per heavy atom. The molecule has 1 aliphatic rings. The molecule has 1 amide bonds. The predicted molar refractivity (Wildman–Crippen MR) is 81.9 cm³/mol. The minimum atomic E-state index is -4.45. The molecular weight excluding hydrogens is 325 g/mol. The second-order valence-electron chi connectivity index (χ2n) is 5.86. The first-order chi connectivity index (χ1) is 11.2. The van der Waals surface area contributed by atoms with Gasteiger partial charge in [-0.3, -0.25) is 4.79 Å². The summed E-state index contributed by atoms with van der Waals surface area (Å²) >= 11 is 0. The van der Waals surface area contributed by atoms with Gasteiger partial charge in [0.2, 0.25) is 5.95 Å². The molecule has 0 aliphatic carbocycles. The smallest absolute Gasteiger partial charge is 0.391 e. The van der Waals surface area contributed by atoms with Gasteiger partial charge in [-0.05, 0) is 24.6 Å². The number of hydrogen-bond acceptors (Lipinski definition) is 4. The molecule has 0 spiro atoms. The number of amides is 1. The number of imidazole rings is 1. The van der Waals surface area contributed by atoms with Gasteiger partial charge in [-0.1, -0.05) is 0 Å². The summed E-state index contributed by atoms with van der Waals surface area (Å²) in [6.45, 7) is -0.212. The van der Waals surface area contributed by atoms with E-state index in [0.29, 0.717) is 31.0 Å². The average molecular weight is 342 g/mol. The van der Waals surface area contributed by atoms with Gasteiger partial charge in [0.1, 0.15) is 6.54 Å². The van der Waals surface area contributed by atoms with E-state index >= 15 is 0 Å². The number of carbonyl (C=O) groups is 1. The monoisotopic (exact) mass is 342 g/mol. The molecule has 0 unspecified atom stereocenters. The minimum absolute atomic E-state index is 0.123. The molecule has 0 bridgehead atoms. The summed E-state index contributed by atoms with van der Waals surface area (Å²) in [5, 5.41) is 11.5. The summed E-state index contributed by atoms with van der Waals surface area (Å²) in [5.41, 5.74) is 1.41. The van der Waals surface area contributed by atoms with Crippen LogP contribution in [0.1, 0.15) is 16.8 Å². The van der Waals surface area contributed by atoms with Crippen LogP contribution in [0.5, 0.6) is 0 Å². The second kappa shape index (κ2) is 5.97. The second-order valence-corrected chi connectivity index (χ2v) is 5.86. The first-order valence-electron chi connectivity index (χ1n) is 7.49. The fraction of sp³-hybridized carbons (Fsp3) is 0.467. The molecular formula is C15H17F3N4O2. The number of nitrogens with zero attached hydrogens (tertiary/aromatic N) is 3. The van der Waals surface area contributed by atoms with Gasteiger partial charge in [0.15, 0.2) is 0 Å². The third kappa shape index (κ3) is 3.30. The van der Waals surface area contributed by atoms with Gasteiger partial charge in [0, 0.05) is 25.7 Å². The van der Waals surface area contributed by atoms with Gasteiger partial charge < -0.3 is 19.9 Å². The van der Waals surface area contributed by atoms with E-state index in [1.54, 1.807) is 6.07 Å². The van der Waals surface area contributed by atoms with E-state index in [0.717, 1.165) is 5.52 Å². The molecule has 1 atom stereocenters. The number of benzene rings is 1. The van der Waals surface area contributed by atoms with Gasteiger partial charge in [-0.25, -0.2) is 4.98 Å². The lowest BCUT2D eigenvalue weighted by molar-refractivity contribution is -0.123. The molecule has 2 heterocycles. The summed E-state index contributed by atoms with van der Waals surface area (Å²) in [7, 11) is 1.82. The fourth-order valence-corrected chi connectivity index (χ4v) is 2.82. The Morgan fingerprint density at radius 3 is 2.83 bits per heavy atom. The van der Waals surface area contributed by atoms with E-state index < -0.39 is 24.7 Å². The molecule has 0 radical (unpaired) electrons. The number of β-amino-alcohol motifs (C(OH)–C–C–N with tert-alkyl or cyclic N) is 1. The van der Waals surface area contributed by atoms with E-state index in [2.05, 4.69) is 4.98 Å². The molecule has 0 saturated carbocycles. The molecule has 1 aromatic carbocycles. The van der Waals surface area contributed by atoms with Crippen molar-refractivity contribution in [1.29, 1.82) is 0 Å². The maximum absolute atomic E-state index is 12.2. The van der Waals surface area contributed by atoms with Crippen LogP contribution in [0, 0.1) is 0 Å². The van der Waals surface area contributed by atoms with Gasteiger partial charge in [-0.15, -0.1) is 0 Å². The lowest BCUT2D eigenvalue weighted by atomic mass is 10.2. The van der Waals surface area contributed by atoms with Gasteiger partial charge in [0.05, 0.1) is 17.1 Å². The van der Waals surface area contributed by atoms with Crippen LogP contribution in [0.2, 0.25) is 0 Å². The third-order valence-corrected chi connectivity index (χ3v) is 4.02. The predicted octanol–water partition coefficient (Wildman–Crippen LogP) is 1.44. The first-order valence-corrected chi connectivity index (χ1v) is 7.49. The van der Waals surface area contributed by atoms with Crippen LogP contribution in [0.15, 0.2) is 18.2 Å². The number of hydrogen-bond donors (Lipinski definition) is 2. The topological polar surface area (TPSA) is 70.4 Å². The molecule has 1 aliphatic heterocycles. The summed E-state index contributed by atoms with van der Waals surface area (Å²) < 4.78 is 38.4. The van der Waals surface area contributed by atoms with Gasteiger partial charge in [-0.2, -0.15) is 13.2 Å². The highest BCUT2D eigenvalue weighted by Crippen LogP contribution is 2.25. The van der Waals surface area contributed by atoms with Crippen LogP contribution < -0.4 is 10.2 Å². The zero-order chi connectivity index (χ0) is 17.5.